The molecule has 0 spiro atoms. The van der Waals surface area contributed by atoms with Crippen LogP contribution in [-0.4, -0.2) is 14.3 Å². The third-order valence-electron chi connectivity index (χ3n) is 2.59. The Morgan fingerprint density at radius 1 is 0.909 bits per heavy atom. The van der Waals surface area contributed by atoms with E-state index in [0.29, 0.717) is 5.02 Å². The van der Waals surface area contributed by atoms with Gasteiger partial charge >= 0.3 is 0 Å². The molecular weight excluding hydrogens is 371 g/mol. The Morgan fingerprint density at radius 2 is 1.50 bits per heavy atom. The first kappa shape index (κ1) is 17.1. The van der Waals surface area contributed by atoms with E-state index in [1.807, 2.05) is 4.83 Å². The summed E-state index contributed by atoms with van der Waals surface area (Å²) in [6, 6.07) is 9.92. The van der Waals surface area contributed by atoms with Crippen molar-refractivity contribution in [1.82, 2.24) is 10.3 Å². The second-order valence-electron chi connectivity index (χ2n) is 4.14. The normalized spacial score (nSPS) is 11.2. The van der Waals surface area contributed by atoms with Crippen molar-refractivity contribution in [2.45, 2.75) is 4.90 Å². The van der Waals surface area contributed by atoms with Gasteiger partial charge in [-0.2, -0.15) is 0 Å². The number of hydrogen-bond acceptors (Lipinski definition) is 3. The summed E-state index contributed by atoms with van der Waals surface area (Å²) in [5, 5.41) is 0.647. The molecular formula is C13H9Cl3N2O3S. The molecule has 0 heterocycles. The van der Waals surface area contributed by atoms with Gasteiger partial charge in [0.05, 0.1) is 5.02 Å². The minimum absolute atomic E-state index is 0.0161. The molecule has 2 N–H and O–H groups in total. The molecule has 22 heavy (non-hydrogen) atoms. The van der Waals surface area contributed by atoms with Crippen LogP contribution in [0.5, 0.6) is 0 Å². The fraction of sp³-hybridized carbons (Fsp3) is 0. The van der Waals surface area contributed by atoms with Crippen LogP contribution >= 0.6 is 34.8 Å². The molecule has 0 saturated heterocycles. The van der Waals surface area contributed by atoms with Gasteiger partial charge in [0.1, 0.15) is 4.90 Å². The van der Waals surface area contributed by atoms with E-state index < -0.39 is 15.9 Å². The SMILES string of the molecule is O=C(NNS(=O)(=O)c1cc(Cl)ccc1Cl)c1ccc(Cl)cc1. The zero-order chi connectivity index (χ0) is 16.3. The zero-order valence-corrected chi connectivity index (χ0v) is 13.9. The Kier molecular flexibility index (Phi) is 5.31. The highest BCUT2D eigenvalue weighted by molar-refractivity contribution is 7.89. The van der Waals surface area contributed by atoms with E-state index >= 15 is 0 Å². The maximum Gasteiger partial charge on any atom is 0.266 e. The molecule has 0 saturated carbocycles. The van der Waals surface area contributed by atoms with Gasteiger partial charge in [0.2, 0.25) is 0 Å². The Labute approximate surface area is 142 Å². The summed E-state index contributed by atoms with van der Waals surface area (Å²) in [5.41, 5.74) is 2.32. The smallest absolute Gasteiger partial charge is 0.266 e. The Bertz CT molecular complexity index is 808. The van der Waals surface area contributed by atoms with Gasteiger partial charge in [-0.1, -0.05) is 34.8 Å². The molecule has 0 aliphatic rings. The van der Waals surface area contributed by atoms with Gasteiger partial charge in [-0.15, -0.1) is 4.83 Å². The van der Waals surface area contributed by atoms with Gasteiger partial charge in [-0.25, -0.2) is 8.42 Å². The number of amides is 1. The largest absolute Gasteiger partial charge is 0.273 e. The molecule has 0 atom stereocenters. The fourth-order valence-corrected chi connectivity index (χ4v) is 3.25. The lowest BCUT2D eigenvalue weighted by Gasteiger charge is -2.10. The van der Waals surface area contributed by atoms with Gasteiger partial charge in [-0.3, -0.25) is 10.2 Å². The number of halogens is 3. The van der Waals surface area contributed by atoms with Gasteiger partial charge in [0.15, 0.2) is 0 Å². The number of hydrogen-bond donors (Lipinski definition) is 2. The van der Waals surface area contributed by atoms with E-state index in [1.54, 1.807) is 0 Å². The van der Waals surface area contributed by atoms with E-state index in [0.717, 1.165) is 0 Å². The summed E-state index contributed by atoms with van der Waals surface area (Å²) in [7, 11) is -4.05. The third kappa shape index (κ3) is 4.12. The summed E-state index contributed by atoms with van der Waals surface area (Å²) in [6.45, 7) is 0. The predicted octanol–water partition coefficient (Wildman–Crippen LogP) is 3.27. The maximum absolute atomic E-state index is 12.1. The minimum atomic E-state index is -4.05. The van der Waals surface area contributed by atoms with Crippen molar-refractivity contribution >= 4 is 50.7 Å². The zero-order valence-electron chi connectivity index (χ0n) is 10.8. The van der Waals surface area contributed by atoms with Crippen LogP contribution in [0.15, 0.2) is 47.4 Å². The molecule has 9 heteroatoms. The molecule has 0 bridgehead atoms. The van der Waals surface area contributed by atoms with Crippen molar-refractivity contribution in [3.8, 4) is 0 Å². The average molecular weight is 380 g/mol. The lowest BCUT2D eigenvalue weighted by molar-refractivity contribution is 0.0945. The van der Waals surface area contributed by atoms with Crippen molar-refractivity contribution in [3.63, 3.8) is 0 Å². The number of nitrogens with one attached hydrogen (secondary N) is 2. The number of sulfonamides is 1. The molecule has 0 radical (unpaired) electrons. The Balaban J connectivity index is 2.14. The van der Waals surface area contributed by atoms with Crippen LogP contribution in [0.25, 0.3) is 0 Å². The number of carbonyl (C=O) groups is 1. The number of rotatable bonds is 4. The van der Waals surface area contributed by atoms with E-state index in [-0.39, 0.29) is 20.5 Å². The first-order chi connectivity index (χ1) is 10.3. The van der Waals surface area contributed by atoms with Crippen LogP contribution in [0, 0.1) is 0 Å². The molecule has 5 nitrogen and oxygen atoms in total. The summed E-state index contributed by atoms with van der Waals surface area (Å²) in [5.74, 6) is -0.640. The highest BCUT2D eigenvalue weighted by atomic mass is 35.5. The van der Waals surface area contributed by atoms with Crippen LogP contribution in [0.3, 0.4) is 0 Å². The number of benzene rings is 2. The van der Waals surface area contributed by atoms with Crippen LogP contribution in [0.4, 0.5) is 0 Å². The first-order valence-electron chi connectivity index (χ1n) is 5.82. The van der Waals surface area contributed by atoms with Crippen LogP contribution in [-0.2, 0) is 10.0 Å². The fourth-order valence-electron chi connectivity index (χ4n) is 1.53. The molecule has 0 unspecified atom stereocenters. The molecule has 0 aliphatic carbocycles. The molecule has 2 rings (SSSR count). The molecule has 1 amide bonds. The van der Waals surface area contributed by atoms with Gasteiger partial charge < -0.3 is 0 Å². The summed E-state index contributed by atoms with van der Waals surface area (Å²) in [6.07, 6.45) is 0. The van der Waals surface area contributed by atoms with E-state index in [4.69, 9.17) is 34.8 Å². The lowest BCUT2D eigenvalue weighted by Crippen LogP contribution is -2.41. The quantitative estimate of drug-likeness (QED) is 0.801. The van der Waals surface area contributed by atoms with Crippen molar-refractivity contribution in [2.75, 3.05) is 0 Å². The first-order valence-corrected chi connectivity index (χ1v) is 8.44. The van der Waals surface area contributed by atoms with Crippen molar-refractivity contribution in [1.29, 1.82) is 0 Å². The van der Waals surface area contributed by atoms with Crippen LogP contribution in [0.2, 0.25) is 15.1 Å². The topological polar surface area (TPSA) is 75.3 Å². The van der Waals surface area contributed by atoms with E-state index in [1.165, 1.54) is 42.5 Å². The predicted molar refractivity (Wildman–Crippen MR) is 85.7 cm³/mol. The Hall–Kier alpha value is -1.31. The average Bonchev–Trinajstić information content (AvgIpc) is 2.48. The van der Waals surface area contributed by atoms with Crippen molar-refractivity contribution < 1.29 is 13.2 Å². The highest BCUT2D eigenvalue weighted by Crippen LogP contribution is 2.24. The minimum Gasteiger partial charge on any atom is -0.273 e. The molecule has 0 fully saturated rings. The lowest BCUT2D eigenvalue weighted by atomic mass is 10.2. The standard InChI is InChI=1S/C13H9Cl3N2O3S/c14-9-3-1-8(2-4-9)13(19)17-18-22(20,21)12-7-10(15)5-6-11(12)16/h1-7,18H,(H,17,19). The van der Waals surface area contributed by atoms with E-state index in [2.05, 4.69) is 5.43 Å². The van der Waals surface area contributed by atoms with Gasteiger partial charge in [0, 0.05) is 15.6 Å². The summed E-state index contributed by atoms with van der Waals surface area (Å²) in [4.78, 5) is 13.6. The molecule has 2 aromatic carbocycles. The summed E-state index contributed by atoms with van der Waals surface area (Å²) >= 11 is 17.3. The Morgan fingerprint density at radius 3 is 2.14 bits per heavy atom. The van der Waals surface area contributed by atoms with Gasteiger partial charge in [0.25, 0.3) is 15.9 Å². The second-order valence-corrected chi connectivity index (χ2v) is 7.07. The highest BCUT2D eigenvalue weighted by Gasteiger charge is 2.19. The van der Waals surface area contributed by atoms with Crippen LogP contribution < -0.4 is 10.3 Å². The van der Waals surface area contributed by atoms with Crippen LogP contribution in [0.1, 0.15) is 10.4 Å². The second kappa shape index (κ2) is 6.85. The monoisotopic (exact) mass is 378 g/mol. The number of hydrazine groups is 1. The van der Waals surface area contributed by atoms with Crippen molar-refractivity contribution in [3.05, 3.63) is 63.1 Å². The maximum atomic E-state index is 12.1. The van der Waals surface area contributed by atoms with E-state index in [9.17, 15) is 13.2 Å². The van der Waals surface area contributed by atoms with Crippen molar-refractivity contribution in [2.24, 2.45) is 0 Å². The molecule has 2 aromatic rings. The molecule has 0 aliphatic heterocycles. The summed E-state index contributed by atoms with van der Waals surface area (Å²) < 4.78 is 24.2. The van der Waals surface area contributed by atoms with Gasteiger partial charge in [-0.05, 0) is 42.5 Å². The third-order valence-corrected chi connectivity index (χ3v) is 4.80. The number of carbonyl (C=O) groups excluding carboxylic acids is 1. The molecule has 116 valence electrons. The molecule has 0 aromatic heterocycles.